The van der Waals surface area contributed by atoms with Gasteiger partial charge in [0, 0.05) is 24.3 Å². The van der Waals surface area contributed by atoms with Gasteiger partial charge in [0.25, 0.3) is 0 Å². The lowest BCUT2D eigenvalue weighted by Gasteiger charge is -2.37. The van der Waals surface area contributed by atoms with Gasteiger partial charge in [-0.2, -0.15) is 13.2 Å². The van der Waals surface area contributed by atoms with Crippen LogP contribution in [0.2, 0.25) is 0 Å². The number of nitrogens with zero attached hydrogens (tertiary/aromatic N) is 1. The van der Waals surface area contributed by atoms with Crippen molar-refractivity contribution < 1.29 is 17.9 Å². The van der Waals surface area contributed by atoms with Crippen molar-refractivity contribution in [2.24, 2.45) is 10.7 Å². The van der Waals surface area contributed by atoms with Crippen molar-refractivity contribution in [3.63, 3.8) is 0 Å². The van der Waals surface area contributed by atoms with Crippen LogP contribution >= 0.6 is 0 Å². The van der Waals surface area contributed by atoms with Gasteiger partial charge in [-0.05, 0) is 48.6 Å². The van der Waals surface area contributed by atoms with Crippen LogP contribution in [0.4, 0.5) is 18.9 Å². The molecule has 0 spiro atoms. The second-order valence-electron chi connectivity index (χ2n) is 7.35. The summed E-state index contributed by atoms with van der Waals surface area (Å²) in [6.45, 7) is 3.33. The van der Waals surface area contributed by atoms with Crippen molar-refractivity contribution in [1.82, 2.24) is 0 Å². The number of aryl methyl sites for hydroxylation is 1. The highest BCUT2D eigenvalue weighted by Crippen LogP contribution is 2.38. The van der Waals surface area contributed by atoms with E-state index in [1.54, 1.807) is 6.07 Å². The second kappa shape index (κ2) is 8.86. The van der Waals surface area contributed by atoms with Crippen LogP contribution in [0.25, 0.3) is 0 Å². The van der Waals surface area contributed by atoms with Crippen LogP contribution in [-0.4, -0.2) is 25.7 Å². The molecule has 1 heterocycles. The van der Waals surface area contributed by atoms with E-state index in [0.29, 0.717) is 38.2 Å². The topological polar surface area (TPSA) is 59.6 Å². The van der Waals surface area contributed by atoms with Crippen LogP contribution in [-0.2, 0) is 22.7 Å². The summed E-state index contributed by atoms with van der Waals surface area (Å²) < 4.78 is 45.0. The number of anilines is 1. The molecular formula is C22H26F3N3O. The van der Waals surface area contributed by atoms with Crippen molar-refractivity contribution in [2.45, 2.75) is 37.8 Å². The van der Waals surface area contributed by atoms with Crippen molar-refractivity contribution in [3.8, 4) is 0 Å². The highest BCUT2D eigenvalue weighted by Gasteiger charge is 2.37. The Morgan fingerprint density at radius 2 is 1.86 bits per heavy atom. The third kappa shape index (κ3) is 5.29. The van der Waals surface area contributed by atoms with Gasteiger partial charge >= 0.3 is 6.18 Å². The molecule has 3 rings (SSSR count). The minimum Gasteiger partial charge on any atom is -0.381 e. The molecule has 0 unspecified atom stereocenters. The van der Waals surface area contributed by atoms with Gasteiger partial charge in [-0.25, -0.2) is 0 Å². The Labute approximate surface area is 169 Å². The van der Waals surface area contributed by atoms with Crippen molar-refractivity contribution in [1.29, 1.82) is 0 Å². The van der Waals surface area contributed by atoms with Crippen molar-refractivity contribution >= 4 is 11.6 Å². The summed E-state index contributed by atoms with van der Waals surface area (Å²) in [6, 6.07) is 13.4. The molecule has 0 aromatic heterocycles. The van der Waals surface area contributed by atoms with Gasteiger partial charge in [-0.15, -0.1) is 0 Å². The fourth-order valence-electron chi connectivity index (χ4n) is 3.62. The summed E-state index contributed by atoms with van der Waals surface area (Å²) in [7, 11) is 0. The Kier molecular flexibility index (Phi) is 6.47. The van der Waals surface area contributed by atoms with Crippen LogP contribution in [0, 0.1) is 0 Å². The Morgan fingerprint density at radius 3 is 2.55 bits per heavy atom. The summed E-state index contributed by atoms with van der Waals surface area (Å²) in [5.41, 5.74) is 7.54. The molecule has 4 nitrogen and oxygen atoms in total. The zero-order chi connectivity index (χ0) is 20.9. The normalized spacial score (nSPS) is 17.2. The lowest BCUT2D eigenvalue weighted by Crippen LogP contribution is -2.38. The standard InChI is InChI=1S/C22H26F3N3O/c1-2-16-5-3-8-19(13-16)28-20(26)27-15-21(9-11-29-12-10-21)17-6-4-7-18(14-17)22(23,24)25/h3-8,13-14H,2,9-12,15H2,1H3,(H3,26,27,28). The number of nitrogens with two attached hydrogens (primary N) is 1. The number of ether oxygens (including phenoxy) is 1. The SMILES string of the molecule is CCc1cccc(NC(N)=NCC2(c3cccc(C(F)(F)F)c3)CCOCC2)c1. The molecule has 1 fully saturated rings. The molecule has 1 aliphatic heterocycles. The number of nitrogens with one attached hydrogen (secondary N) is 1. The number of guanidine groups is 1. The Morgan fingerprint density at radius 1 is 1.14 bits per heavy atom. The number of hydrogen-bond donors (Lipinski definition) is 2. The minimum atomic E-state index is -4.38. The highest BCUT2D eigenvalue weighted by atomic mass is 19.4. The van der Waals surface area contributed by atoms with Crippen molar-refractivity contribution in [3.05, 3.63) is 65.2 Å². The summed E-state index contributed by atoms with van der Waals surface area (Å²) in [6.07, 6.45) is -2.28. The first-order valence-corrected chi connectivity index (χ1v) is 9.74. The maximum absolute atomic E-state index is 13.2. The van der Waals surface area contributed by atoms with E-state index in [2.05, 4.69) is 17.2 Å². The molecule has 29 heavy (non-hydrogen) atoms. The van der Waals surface area contributed by atoms with Gasteiger partial charge < -0.3 is 15.8 Å². The molecule has 0 atom stereocenters. The van der Waals surface area contributed by atoms with E-state index < -0.39 is 17.2 Å². The first-order chi connectivity index (χ1) is 13.8. The fraction of sp³-hybridized carbons (Fsp3) is 0.409. The quantitative estimate of drug-likeness (QED) is 0.558. The predicted molar refractivity (Wildman–Crippen MR) is 109 cm³/mol. The molecule has 0 aliphatic carbocycles. The fourth-order valence-corrected chi connectivity index (χ4v) is 3.62. The Bertz CT molecular complexity index is 858. The van der Waals surface area contributed by atoms with E-state index in [0.717, 1.165) is 18.2 Å². The smallest absolute Gasteiger partial charge is 0.381 e. The third-order valence-corrected chi connectivity index (χ3v) is 5.41. The molecule has 2 aromatic carbocycles. The zero-order valence-electron chi connectivity index (χ0n) is 16.4. The number of halogens is 3. The molecule has 0 bridgehead atoms. The maximum Gasteiger partial charge on any atom is 0.416 e. The van der Waals surface area contributed by atoms with E-state index in [9.17, 15) is 13.2 Å². The molecular weight excluding hydrogens is 379 g/mol. The molecule has 0 amide bonds. The summed E-state index contributed by atoms with van der Waals surface area (Å²) in [4.78, 5) is 4.49. The molecule has 1 aliphatic rings. The zero-order valence-corrected chi connectivity index (χ0v) is 16.4. The Balaban J connectivity index is 1.82. The van der Waals surface area contributed by atoms with E-state index >= 15 is 0 Å². The van der Waals surface area contributed by atoms with Crippen LogP contribution < -0.4 is 11.1 Å². The van der Waals surface area contributed by atoms with Crippen LogP contribution in [0.15, 0.2) is 53.5 Å². The lowest BCUT2D eigenvalue weighted by atomic mass is 9.74. The molecule has 1 saturated heterocycles. The maximum atomic E-state index is 13.2. The van der Waals surface area contributed by atoms with Gasteiger partial charge in [-0.3, -0.25) is 4.99 Å². The van der Waals surface area contributed by atoms with Gasteiger partial charge in [0.2, 0.25) is 0 Å². The molecule has 0 radical (unpaired) electrons. The van der Waals surface area contributed by atoms with Gasteiger partial charge in [-0.1, -0.05) is 37.3 Å². The predicted octanol–water partition coefficient (Wildman–Crippen LogP) is 4.74. The van der Waals surface area contributed by atoms with E-state index in [4.69, 9.17) is 10.5 Å². The van der Waals surface area contributed by atoms with Crippen molar-refractivity contribution in [2.75, 3.05) is 25.1 Å². The van der Waals surface area contributed by atoms with Gasteiger partial charge in [0.1, 0.15) is 0 Å². The van der Waals surface area contributed by atoms with E-state index in [1.807, 2.05) is 24.3 Å². The second-order valence-corrected chi connectivity index (χ2v) is 7.35. The van der Waals surface area contributed by atoms with E-state index in [1.165, 1.54) is 17.7 Å². The van der Waals surface area contributed by atoms with E-state index in [-0.39, 0.29) is 5.96 Å². The largest absolute Gasteiger partial charge is 0.416 e. The van der Waals surface area contributed by atoms with Crippen LogP contribution in [0.5, 0.6) is 0 Å². The average Bonchev–Trinajstić information content (AvgIpc) is 2.72. The summed E-state index contributed by atoms with van der Waals surface area (Å²) in [5.74, 6) is 0.246. The lowest BCUT2D eigenvalue weighted by molar-refractivity contribution is -0.137. The van der Waals surface area contributed by atoms with Gasteiger partial charge in [0.05, 0.1) is 12.1 Å². The van der Waals surface area contributed by atoms with Gasteiger partial charge in [0.15, 0.2) is 5.96 Å². The monoisotopic (exact) mass is 405 g/mol. The Hall–Kier alpha value is -2.54. The summed E-state index contributed by atoms with van der Waals surface area (Å²) in [5, 5.41) is 3.08. The number of alkyl halides is 3. The molecule has 156 valence electrons. The number of benzene rings is 2. The number of rotatable bonds is 5. The average molecular weight is 405 g/mol. The molecule has 0 saturated carbocycles. The molecule has 3 N–H and O–H groups in total. The first kappa shape index (κ1) is 21.2. The minimum absolute atomic E-state index is 0.246. The molecule has 7 heteroatoms. The van der Waals surface area contributed by atoms with Crippen LogP contribution in [0.1, 0.15) is 36.5 Å². The number of aliphatic imine (C=N–C) groups is 1. The molecule has 2 aromatic rings. The number of hydrogen-bond acceptors (Lipinski definition) is 2. The van der Waals surface area contributed by atoms with Crippen LogP contribution in [0.3, 0.4) is 0 Å². The first-order valence-electron chi connectivity index (χ1n) is 9.74. The highest BCUT2D eigenvalue weighted by molar-refractivity contribution is 5.92. The summed E-state index contributed by atoms with van der Waals surface area (Å²) >= 11 is 0. The third-order valence-electron chi connectivity index (χ3n) is 5.41.